The largest absolute Gasteiger partial charge is 0.493 e. The van der Waals surface area contributed by atoms with Crippen molar-refractivity contribution >= 4 is 29.0 Å². The van der Waals surface area contributed by atoms with Crippen LogP contribution < -0.4 is 4.74 Å². The highest BCUT2D eigenvalue weighted by Crippen LogP contribution is 2.32. The molecule has 0 aromatic heterocycles. The molecule has 0 aliphatic carbocycles. The second-order valence-corrected chi connectivity index (χ2v) is 7.38. The molecule has 1 aliphatic rings. The number of carbonyl (C=O) groups is 2. The van der Waals surface area contributed by atoms with Crippen LogP contribution in [0.2, 0.25) is 0 Å². The first-order valence-corrected chi connectivity index (χ1v) is 9.90. The van der Waals surface area contributed by atoms with Crippen LogP contribution >= 0.6 is 11.6 Å². The highest BCUT2D eigenvalue weighted by molar-refractivity contribution is 6.55. The summed E-state index contributed by atoms with van der Waals surface area (Å²) < 4.78 is 11.1. The van der Waals surface area contributed by atoms with Gasteiger partial charge in [-0.15, -0.1) is 0 Å². The maximum atomic E-state index is 12.7. The zero-order valence-corrected chi connectivity index (χ0v) is 17.1. The third kappa shape index (κ3) is 5.81. The van der Waals surface area contributed by atoms with E-state index in [0.717, 1.165) is 18.6 Å². The van der Waals surface area contributed by atoms with Gasteiger partial charge >= 0.3 is 0 Å². The minimum atomic E-state index is -0.439. The molecule has 0 radical (unpaired) electrons. The fraction of sp³-hybridized carbons (Fsp3) is 0.524. The lowest BCUT2D eigenvalue weighted by molar-refractivity contribution is -0.136. The Morgan fingerprint density at radius 2 is 1.70 bits per heavy atom. The fourth-order valence-electron chi connectivity index (χ4n) is 2.65. The van der Waals surface area contributed by atoms with E-state index in [1.54, 1.807) is 24.3 Å². The molecule has 0 atom stereocenters. The van der Waals surface area contributed by atoms with Crippen molar-refractivity contribution in [3.63, 3.8) is 0 Å². The summed E-state index contributed by atoms with van der Waals surface area (Å²) >= 11 is 6.18. The van der Waals surface area contributed by atoms with Crippen LogP contribution in [0, 0.1) is 5.92 Å². The standard InChI is InChI=1S/C21H28ClNO4/c1-4-5-12-26-13-6-11-23-20(24)18(19(22)21(23)25)16-7-9-17(10-8-16)27-14-15(2)3/h7-10,15H,4-6,11-14H2,1-3H3. The molecule has 6 heteroatoms. The Morgan fingerprint density at radius 3 is 2.33 bits per heavy atom. The van der Waals surface area contributed by atoms with Gasteiger partial charge in [0.15, 0.2) is 0 Å². The van der Waals surface area contributed by atoms with Gasteiger partial charge in [0.1, 0.15) is 10.8 Å². The van der Waals surface area contributed by atoms with Crippen LogP contribution in [0.1, 0.15) is 45.6 Å². The predicted molar refractivity (Wildman–Crippen MR) is 107 cm³/mol. The van der Waals surface area contributed by atoms with Gasteiger partial charge in [0.25, 0.3) is 11.8 Å². The van der Waals surface area contributed by atoms with E-state index in [9.17, 15) is 9.59 Å². The van der Waals surface area contributed by atoms with E-state index in [-0.39, 0.29) is 16.5 Å². The number of hydrogen-bond acceptors (Lipinski definition) is 4. The van der Waals surface area contributed by atoms with E-state index in [4.69, 9.17) is 21.1 Å². The summed E-state index contributed by atoms with van der Waals surface area (Å²) in [5.41, 5.74) is 0.876. The zero-order chi connectivity index (χ0) is 19.8. The fourth-order valence-corrected chi connectivity index (χ4v) is 2.95. The van der Waals surface area contributed by atoms with Gasteiger partial charge in [0.2, 0.25) is 0 Å². The minimum Gasteiger partial charge on any atom is -0.493 e. The number of nitrogens with zero attached hydrogens (tertiary/aromatic N) is 1. The van der Waals surface area contributed by atoms with Crippen LogP contribution in [-0.2, 0) is 14.3 Å². The van der Waals surface area contributed by atoms with Crippen LogP contribution in [0.5, 0.6) is 5.75 Å². The number of ether oxygens (including phenoxy) is 2. The lowest BCUT2D eigenvalue weighted by atomic mass is 10.1. The van der Waals surface area contributed by atoms with Crippen LogP contribution in [0.3, 0.4) is 0 Å². The highest BCUT2D eigenvalue weighted by Gasteiger charge is 2.37. The summed E-state index contributed by atoms with van der Waals surface area (Å²) in [6, 6.07) is 7.10. The average Bonchev–Trinajstić information content (AvgIpc) is 2.86. The number of amides is 2. The first-order valence-electron chi connectivity index (χ1n) is 9.52. The van der Waals surface area contributed by atoms with Crippen LogP contribution in [0.4, 0.5) is 0 Å². The molecule has 148 valence electrons. The molecule has 1 aromatic carbocycles. The Hall–Kier alpha value is -1.85. The number of unbranched alkanes of at least 4 members (excludes halogenated alkanes) is 1. The maximum Gasteiger partial charge on any atom is 0.273 e. The summed E-state index contributed by atoms with van der Waals surface area (Å²) in [5.74, 6) is 0.358. The van der Waals surface area contributed by atoms with Crippen molar-refractivity contribution in [2.45, 2.75) is 40.0 Å². The number of rotatable bonds is 11. The van der Waals surface area contributed by atoms with Crippen molar-refractivity contribution in [1.29, 1.82) is 0 Å². The summed E-state index contributed by atoms with van der Waals surface area (Å²) in [5, 5.41) is -0.0252. The summed E-state index contributed by atoms with van der Waals surface area (Å²) in [6.45, 7) is 8.40. The number of imide groups is 1. The van der Waals surface area contributed by atoms with E-state index in [0.29, 0.717) is 44.3 Å². The van der Waals surface area contributed by atoms with Crippen molar-refractivity contribution in [3.05, 3.63) is 34.9 Å². The molecule has 0 unspecified atom stereocenters. The molecule has 0 saturated heterocycles. The van der Waals surface area contributed by atoms with Gasteiger partial charge in [0, 0.05) is 19.8 Å². The number of carbonyl (C=O) groups excluding carboxylic acids is 2. The molecule has 2 rings (SSSR count). The van der Waals surface area contributed by atoms with Crippen molar-refractivity contribution in [2.75, 3.05) is 26.4 Å². The minimum absolute atomic E-state index is 0.0252. The number of benzene rings is 1. The Morgan fingerprint density at radius 1 is 1.04 bits per heavy atom. The molecule has 0 spiro atoms. The van der Waals surface area contributed by atoms with Crippen LogP contribution in [-0.4, -0.2) is 43.1 Å². The monoisotopic (exact) mass is 393 g/mol. The van der Waals surface area contributed by atoms with Crippen molar-refractivity contribution in [3.8, 4) is 5.75 Å². The first kappa shape index (κ1) is 21.5. The topological polar surface area (TPSA) is 55.8 Å². The summed E-state index contributed by atoms with van der Waals surface area (Å²) in [4.78, 5) is 26.2. The smallest absolute Gasteiger partial charge is 0.273 e. The zero-order valence-electron chi connectivity index (χ0n) is 16.3. The van der Waals surface area contributed by atoms with E-state index >= 15 is 0 Å². The molecular formula is C21H28ClNO4. The van der Waals surface area contributed by atoms with Crippen LogP contribution in [0.15, 0.2) is 29.3 Å². The highest BCUT2D eigenvalue weighted by atomic mass is 35.5. The summed E-state index contributed by atoms with van der Waals surface area (Å²) in [6.07, 6.45) is 2.68. The van der Waals surface area contributed by atoms with Crippen molar-refractivity contribution < 1.29 is 19.1 Å². The number of halogens is 1. The SMILES string of the molecule is CCCCOCCCN1C(=O)C(Cl)=C(c2ccc(OCC(C)C)cc2)C1=O. The first-order chi connectivity index (χ1) is 13.0. The molecule has 5 nitrogen and oxygen atoms in total. The molecule has 0 bridgehead atoms. The van der Waals surface area contributed by atoms with Gasteiger partial charge in [-0.1, -0.05) is 50.9 Å². The lowest BCUT2D eigenvalue weighted by Crippen LogP contribution is -2.32. The Labute approximate surface area is 166 Å². The van der Waals surface area contributed by atoms with Crippen LogP contribution in [0.25, 0.3) is 5.57 Å². The van der Waals surface area contributed by atoms with E-state index in [1.807, 2.05) is 0 Å². The predicted octanol–water partition coefficient (Wildman–Crippen LogP) is 4.25. The molecule has 0 fully saturated rings. The second-order valence-electron chi connectivity index (χ2n) is 7.00. The lowest BCUT2D eigenvalue weighted by Gasteiger charge is -2.15. The Bertz CT molecular complexity index is 682. The molecule has 1 aromatic rings. The molecular weight excluding hydrogens is 366 g/mol. The quantitative estimate of drug-likeness (QED) is 0.416. The van der Waals surface area contributed by atoms with Gasteiger partial charge < -0.3 is 9.47 Å². The normalized spacial score (nSPS) is 14.6. The Kier molecular flexibility index (Phi) is 8.32. The second kappa shape index (κ2) is 10.5. The van der Waals surface area contributed by atoms with Crippen molar-refractivity contribution in [2.24, 2.45) is 5.92 Å². The van der Waals surface area contributed by atoms with Gasteiger partial charge in [-0.05, 0) is 36.5 Å². The molecule has 0 saturated carbocycles. The van der Waals surface area contributed by atoms with E-state index < -0.39 is 5.91 Å². The van der Waals surface area contributed by atoms with Gasteiger partial charge in [0.05, 0.1) is 12.2 Å². The molecule has 0 N–H and O–H groups in total. The van der Waals surface area contributed by atoms with Gasteiger partial charge in [-0.25, -0.2) is 0 Å². The third-order valence-electron chi connectivity index (χ3n) is 4.15. The maximum absolute atomic E-state index is 12.7. The molecule has 2 amide bonds. The summed E-state index contributed by atoms with van der Waals surface area (Å²) in [7, 11) is 0. The molecule has 27 heavy (non-hydrogen) atoms. The molecule has 1 heterocycles. The van der Waals surface area contributed by atoms with E-state index in [1.165, 1.54) is 4.90 Å². The van der Waals surface area contributed by atoms with Gasteiger partial charge in [-0.2, -0.15) is 0 Å². The Balaban J connectivity index is 1.96. The van der Waals surface area contributed by atoms with Crippen molar-refractivity contribution in [1.82, 2.24) is 4.90 Å². The van der Waals surface area contributed by atoms with E-state index in [2.05, 4.69) is 20.8 Å². The third-order valence-corrected chi connectivity index (χ3v) is 4.50. The van der Waals surface area contributed by atoms with Gasteiger partial charge in [-0.3, -0.25) is 14.5 Å². The number of hydrogen-bond donors (Lipinski definition) is 0. The average molecular weight is 394 g/mol. The molecule has 1 aliphatic heterocycles.